The van der Waals surface area contributed by atoms with Crippen molar-refractivity contribution < 1.29 is 13.2 Å². The van der Waals surface area contributed by atoms with Gasteiger partial charge in [-0.3, -0.25) is 4.79 Å². The third kappa shape index (κ3) is 4.05. The van der Waals surface area contributed by atoms with Crippen LogP contribution in [0.15, 0.2) is 35.9 Å². The molecule has 0 radical (unpaired) electrons. The minimum Gasteiger partial charge on any atom is -0.365 e. The van der Waals surface area contributed by atoms with Gasteiger partial charge < -0.3 is 10.3 Å². The molecule has 3 heterocycles. The smallest absolute Gasteiger partial charge is 0.259 e. The second kappa shape index (κ2) is 7.85. The Morgan fingerprint density at radius 1 is 1.31 bits per heavy atom. The summed E-state index contributed by atoms with van der Waals surface area (Å²) in [5, 5.41) is 1.04. The highest BCUT2D eigenvalue weighted by atomic mass is 32.2. The molecule has 1 amide bonds. The van der Waals surface area contributed by atoms with E-state index in [0.717, 1.165) is 41.5 Å². The van der Waals surface area contributed by atoms with E-state index in [9.17, 15) is 13.2 Å². The van der Waals surface area contributed by atoms with E-state index in [4.69, 9.17) is 5.73 Å². The number of imidazole rings is 1. The van der Waals surface area contributed by atoms with Crippen LogP contribution in [0.2, 0.25) is 0 Å². The zero-order valence-corrected chi connectivity index (χ0v) is 17.7. The van der Waals surface area contributed by atoms with Gasteiger partial charge in [-0.2, -0.15) is 0 Å². The van der Waals surface area contributed by atoms with Crippen LogP contribution in [0.4, 0.5) is 0 Å². The topological polar surface area (TPSA) is 120 Å². The molecule has 10 heteroatoms. The molecule has 0 spiro atoms. The van der Waals surface area contributed by atoms with Crippen LogP contribution >= 0.6 is 11.3 Å². The van der Waals surface area contributed by atoms with Gasteiger partial charge in [-0.25, -0.2) is 23.1 Å². The maximum Gasteiger partial charge on any atom is 0.259 e. The first-order chi connectivity index (χ1) is 13.8. The van der Waals surface area contributed by atoms with Gasteiger partial charge in [0, 0.05) is 31.4 Å². The van der Waals surface area contributed by atoms with Gasteiger partial charge in [0.05, 0.1) is 11.2 Å². The maximum atomic E-state index is 12.4. The molecule has 0 atom stereocenters. The summed E-state index contributed by atoms with van der Waals surface area (Å²) < 4.78 is 29.0. The number of primary amides is 1. The number of hydrogen-bond acceptors (Lipinski definition) is 6. The highest BCUT2D eigenvalue weighted by Gasteiger charge is 2.29. The number of nitrogens with two attached hydrogens (primary N) is 1. The molecule has 0 bridgehead atoms. The van der Waals surface area contributed by atoms with Gasteiger partial charge in [-0.1, -0.05) is 6.07 Å². The standard InChI is InChI=1S/C19H23N5O3S2/c1-24-10-15(22-11-24)29(26,27)23-9-12-4-6-13(7-5-12)16-14-3-2-8-21-19(14)28-17(16)18(20)25/h2-3,8,10-13,23H,4-7,9H2,1H3,(H2,20,25). The molecule has 29 heavy (non-hydrogen) atoms. The highest BCUT2D eigenvalue weighted by molar-refractivity contribution is 7.89. The zero-order valence-electron chi connectivity index (χ0n) is 16.0. The second-order valence-corrected chi connectivity index (χ2v) is 10.2. The van der Waals surface area contributed by atoms with Crippen molar-refractivity contribution in [3.05, 3.63) is 41.3 Å². The number of aromatic nitrogens is 3. The number of carbonyl (C=O) groups is 1. The number of carbonyl (C=O) groups excluding carboxylic acids is 1. The Kier molecular flexibility index (Phi) is 5.41. The third-order valence-corrected chi connectivity index (χ3v) is 7.95. The van der Waals surface area contributed by atoms with Crippen molar-refractivity contribution in [1.29, 1.82) is 0 Å². The van der Waals surface area contributed by atoms with Gasteiger partial charge in [-0.05, 0) is 49.1 Å². The van der Waals surface area contributed by atoms with Crippen LogP contribution in [0, 0.1) is 5.92 Å². The first-order valence-electron chi connectivity index (χ1n) is 9.50. The van der Waals surface area contributed by atoms with Gasteiger partial charge in [0.15, 0.2) is 5.03 Å². The molecule has 1 aliphatic rings. The average Bonchev–Trinajstić information content (AvgIpc) is 3.31. The van der Waals surface area contributed by atoms with Crippen molar-refractivity contribution in [1.82, 2.24) is 19.3 Å². The Balaban J connectivity index is 1.43. The van der Waals surface area contributed by atoms with E-state index in [1.807, 2.05) is 12.1 Å². The number of fused-ring (bicyclic) bond motifs is 1. The molecule has 0 aromatic carbocycles. The van der Waals surface area contributed by atoms with Gasteiger partial charge in [0.25, 0.3) is 15.9 Å². The summed E-state index contributed by atoms with van der Waals surface area (Å²) in [4.78, 5) is 21.7. The van der Waals surface area contributed by atoms with E-state index >= 15 is 0 Å². The number of nitrogens with zero attached hydrogens (tertiary/aromatic N) is 3. The second-order valence-electron chi connectivity index (χ2n) is 7.51. The summed E-state index contributed by atoms with van der Waals surface area (Å²) in [5.41, 5.74) is 6.64. The Labute approximate surface area is 173 Å². The van der Waals surface area contributed by atoms with Crippen LogP contribution < -0.4 is 10.5 Å². The van der Waals surface area contributed by atoms with Crippen LogP contribution in [0.1, 0.15) is 46.8 Å². The van der Waals surface area contributed by atoms with Crippen molar-refractivity contribution >= 4 is 37.5 Å². The lowest BCUT2D eigenvalue weighted by Crippen LogP contribution is -2.31. The summed E-state index contributed by atoms with van der Waals surface area (Å²) in [5.74, 6) is 0.0807. The fourth-order valence-electron chi connectivity index (χ4n) is 4.02. The van der Waals surface area contributed by atoms with Crippen LogP contribution in [0.25, 0.3) is 10.2 Å². The largest absolute Gasteiger partial charge is 0.365 e. The number of nitrogens with one attached hydrogen (secondary N) is 1. The number of amides is 1. The van der Waals surface area contributed by atoms with E-state index in [-0.39, 0.29) is 16.9 Å². The molecular formula is C19H23N5O3S2. The van der Waals surface area contributed by atoms with Crippen LogP contribution in [0.5, 0.6) is 0 Å². The summed E-state index contributed by atoms with van der Waals surface area (Å²) in [6.07, 6.45) is 8.21. The quantitative estimate of drug-likeness (QED) is 0.618. The van der Waals surface area contributed by atoms with E-state index in [1.54, 1.807) is 17.8 Å². The van der Waals surface area contributed by atoms with Crippen LogP contribution in [-0.2, 0) is 17.1 Å². The minimum absolute atomic E-state index is 0.0389. The van der Waals surface area contributed by atoms with E-state index in [0.29, 0.717) is 11.4 Å². The molecule has 154 valence electrons. The van der Waals surface area contributed by atoms with Crippen molar-refractivity contribution in [2.24, 2.45) is 18.7 Å². The molecule has 1 aliphatic carbocycles. The van der Waals surface area contributed by atoms with Crippen molar-refractivity contribution in [3.63, 3.8) is 0 Å². The summed E-state index contributed by atoms with van der Waals surface area (Å²) in [6.45, 7) is 0.389. The number of thiophene rings is 1. The fourth-order valence-corrected chi connectivity index (χ4v) is 6.20. The van der Waals surface area contributed by atoms with Gasteiger partial charge in [-0.15, -0.1) is 11.3 Å². The first-order valence-corrected chi connectivity index (χ1v) is 11.8. The number of hydrogen-bond donors (Lipinski definition) is 2. The van der Waals surface area contributed by atoms with Gasteiger partial charge in [0.1, 0.15) is 4.83 Å². The molecule has 0 saturated heterocycles. The Morgan fingerprint density at radius 2 is 2.07 bits per heavy atom. The zero-order chi connectivity index (χ0) is 20.6. The lowest BCUT2D eigenvalue weighted by Gasteiger charge is -2.29. The van der Waals surface area contributed by atoms with Crippen LogP contribution in [-0.4, -0.2) is 35.4 Å². The highest BCUT2D eigenvalue weighted by Crippen LogP contribution is 2.43. The third-order valence-electron chi connectivity index (χ3n) is 5.50. The molecule has 3 aromatic rings. The lowest BCUT2D eigenvalue weighted by atomic mass is 9.78. The fraction of sp³-hybridized carbons (Fsp3) is 0.421. The molecule has 4 rings (SSSR count). The maximum absolute atomic E-state index is 12.4. The van der Waals surface area contributed by atoms with Crippen molar-refractivity contribution in [2.45, 2.75) is 36.6 Å². The summed E-state index contributed by atoms with van der Waals surface area (Å²) in [7, 11) is -1.86. The SMILES string of the molecule is Cn1cnc(S(=O)(=O)NCC2CCC(c3c(C(N)=O)sc4ncccc34)CC2)c1. The number of sulfonamides is 1. The molecule has 1 saturated carbocycles. The molecule has 1 fully saturated rings. The van der Waals surface area contributed by atoms with Crippen molar-refractivity contribution in [2.75, 3.05) is 6.54 Å². The lowest BCUT2D eigenvalue weighted by molar-refractivity contribution is 0.100. The number of rotatable bonds is 6. The van der Waals surface area contributed by atoms with E-state index < -0.39 is 15.9 Å². The summed E-state index contributed by atoms with van der Waals surface area (Å²) in [6, 6.07) is 3.87. The van der Waals surface area contributed by atoms with E-state index in [1.165, 1.54) is 23.9 Å². The number of aryl methyl sites for hydroxylation is 1. The number of pyridine rings is 1. The summed E-state index contributed by atoms with van der Waals surface area (Å²) >= 11 is 1.35. The molecule has 0 unspecified atom stereocenters. The normalized spacial score (nSPS) is 20.2. The van der Waals surface area contributed by atoms with E-state index in [2.05, 4.69) is 14.7 Å². The predicted molar refractivity (Wildman–Crippen MR) is 111 cm³/mol. The monoisotopic (exact) mass is 433 g/mol. The Morgan fingerprint density at radius 3 is 2.72 bits per heavy atom. The minimum atomic E-state index is -3.59. The Hall–Kier alpha value is -2.30. The predicted octanol–water partition coefficient (Wildman–Crippen LogP) is 2.38. The molecule has 3 N–H and O–H groups in total. The van der Waals surface area contributed by atoms with Crippen molar-refractivity contribution in [3.8, 4) is 0 Å². The first kappa shape index (κ1) is 20.0. The van der Waals surface area contributed by atoms with Gasteiger partial charge in [0.2, 0.25) is 0 Å². The van der Waals surface area contributed by atoms with Gasteiger partial charge >= 0.3 is 0 Å². The molecule has 8 nitrogen and oxygen atoms in total. The van der Waals surface area contributed by atoms with Crippen LogP contribution in [0.3, 0.4) is 0 Å². The molecule has 3 aromatic heterocycles. The molecular weight excluding hydrogens is 410 g/mol. The Bertz CT molecular complexity index is 1140. The average molecular weight is 434 g/mol. The molecule has 0 aliphatic heterocycles.